The summed E-state index contributed by atoms with van der Waals surface area (Å²) in [5.74, 6) is 0.206. The van der Waals surface area contributed by atoms with Gasteiger partial charge in [0.2, 0.25) is 0 Å². The van der Waals surface area contributed by atoms with E-state index in [0.717, 1.165) is 0 Å². The molecule has 0 N–H and O–H groups in total. The number of ketones is 1. The molecule has 0 spiro atoms. The van der Waals surface area contributed by atoms with Crippen molar-refractivity contribution in [3.63, 3.8) is 0 Å². The molecule has 0 saturated heterocycles. The molecule has 0 heterocycles. The Morgan fingerprint density at radius 1 is 1.27 bits per heavy atom. The Hall–Kier alpha value is -0.850. The molecule has 0 saturated carbocycles. The standard InChI is InChI=1S/C10H14O/c1-10(2,3)8-4-6-9(11)7-5-8/h4-6H,7H2,1-3H3. The predicted octanol–water partition coefficient (Wildman–Crippen LogP) is 2.49. The van der Waals surface area contributed by atoms with Gasteiger partial charge in [-0.3, -0.25) is 4.79 Å². The first kappa shape index (κ1) is 8.25. The van der Waals surface area contributed by atoms with Crippen LogP contribution in [0.1, 0.15) is 27.2 Å². The molecule has 1 aliphatic carbocycles. The van der Waals surface area contributed by atoms with Crippen molar-refractivity contribution in [2.45, 2.75) is 27.2 Å². The second kappa shape index (κ2) is 2.65. The molecule has 1 aliphatic rings. The van der Waals surface area contributed by atoms with Gasteiger partial charge < -0.3 is 0 Å². The van der Waals surface area contributed by atoms with E-state index in [1.165, 1.54) is 5.57 Å². The number of rotatable bonds is 0. The number of carbonyl (C=O) groups excluding carboxylic acids is 1. The summed E-state index contributed by atoms with van der Waals surface area (Å²) < 4.78 is 0. The van der Waals surface area contributed by atoms with Crippen molar-refractivity contribution in [1.82, 2.24) is 0 Å². The van der Waals surface area contributed by atoms with Crippen LogP contribution in [-0.2, 0) is 4.79 Å². The largest absolute Gasteiger partial charge is 0.295 e. The van der Waals surface area contributed by atoms with Crippen molar-refractivity contribution in [3.05, 3.63) is 23.8 Å². The summed E-state index contributed by atoms with van der Waals surface area (Å²) in [5.41, 5.74) is 1.44. The highest BCUT2D eigenvalue weighted by Crippen LogP contribution is 2.28. The van der Waals surface area contributed by atoms with E-state index in [9.17, 15) is 4.79 Å². The van der Waals surface area contributed by atoms with E-state index in [0.29, 0.717) is 6.42 Å². The molecular formula is C10H14O. The van der Waals surface area contributed by atoms with E-state index < -0.39 is 0 Å². The summed E-state index contributed by atoms with van der Waals surface area (Å²) in [6.45, 7) is 6.46. The van der Waals surface area contributed by atoms with Gasteiger partial charge in [0.1, 0.15) is 0 Å². The van der Waals surface area contributed by atoms with Crippen molar-refractivity contribution < 1.29 is 4.79 Å². The van der Waals surface area contributed by atoms with Gasteiger partial charge in [-0.2, -0.15) is 0 Å². The summed E-state index contributed by atoms with van der Waals surface area (Å²) in [5, 5.41) is 0. The number of allylic oxidation sites excluding steroid dienone is 4. The van der Waals surface area contributed by atoms with Gasteiger partial charge in [-0.25, -0.2) is 0 Å². The fourth-order valence-electron chi connectivity index (χ4n) is 1.09. The molecule has 0 fully saturated rings. The van der Waals surface area contributed by atoms with Crippen LogP contribution in [0.4, 0.5) is 0 Å². The second-order valence-corrected chi connectivity index (χ2v) is 3.91. The third kappa shape index (κ3) is 2.04. The average molecular weight is 150 g/mol. The van der Waals surface area contributed by atoms with Crippen molar-refractivity contribution in [2.75, 3.05) is 0 Å². The summed E-state index contributed by atoms with van der Waals surface area (Å²) >= 11 is 0. The van der Waals surface area contributed by atoms with Crippen molar-refractivity contribution >= 4 is 5.78 Å². The van der Waals surface area contributed by atoms with Crippen LogP contribution in [0.25, 0.3) is 0 Å². The molecule has 0 bridgehead atoms. The second-order valence-electron chi connectivity index (χ2n) is 3.91. The topological polar surface area (TPSA) is 17.1 Å². The van der Waals surface area contributed by atoms with Crippen LogP contribution in [0.2, 0.25) is 0 Å². The normalized spacial score (nSPS) is 18.5. The van der Waals surface area contributed by atoms with Crippen LogP contribution in [0.3, 0.4) is 0 Å². The van der Waals surface area contributed by atoms with Crippen molar-refractivity contribution in [2.24, 2.45) is 5.41 Å². The zero-order valence-corrected chi connectivity index (χ0v) is 7.35. The first-order valence-electron chi connectivity index (χ1n) is 3.92. The van der Waals surface area contributed by atoms with E-state index >= 15 is 0 Å². The molecule has 11 heavy (non-hydrogen) atoms. The lowest BCUT2D eigenvalue weighted by molar-refractivity contribution is -0.113. The highest BCUT2D eigenvalue weighted by atomic mass is 16.1. The lowest BCUT2D eigenvalue weighted by atomic mass is 9.83. The molecule has 0 aromatic carbocycles. The van der Waals surface area contributed by atoms with E-state index in [1.54, 1.807) is 6.08 Å². The summed E-state index contributed by atoms with van der Waals surface area (Å²) in [4.78, 5) is 10.8. The maximum Gasteiger partial charge on any atom is 0.159 e. The van der Waals surface area contributed by atoms with E-state index in [2.05, 4.69) is 20.8 Å². The minimum atomic E-state index is 0.178. The lowest BCUT2D eigenvalue weighted by Gasteiger charge is -2.21. The molecule has 0 aliphatic heterocycles. The van der Waals surface area contributed by atoms with Crippen molar-refractivity contribution in [3.8, 4) is 0 Å². The van der Waals surface area contributed by atoms with Crippen LogP contribution < -0.4 is 0 Å². The smallest absolute Gasteiger partial charge is 0.159 e. The van der Waals surface area contributed by atoms with Gasteiger partial charge >= 0.3 is 0 Å². The number of hydrogen-bond acceptors (Lipinski definition) is 1. The maximum atomic E-state index is 10.8. The molecule has 0 amide bonds. The Labute approximate surface area is 67.8 Å². The van der Waals surface area contributed by atoms with Gasteiger partial charge in [-0.15, -0.1) is 0 Å². The average Bonchev–Trinajstić information content (AvgIpc) is 1.86. The minimum absolute atomic E-state index is 0.178. The fourth-order valence-corrected chi connectivity index (χ4v) is 1.09. The molecule has 0 aromatic heterocycles. The highest BCUT2D eigenvalue weighted by Gasteiger charge is 2.16. The fraction of sp³-hybridized carbons (Fsp3) is 0.500. The quantitative estimate of drug-likeness (QED) is 0.518. The van der Waals surface area contributed by atoms with Gasteiger partial charge in [-0.05, 0) is 17.1 Å². The van der Waals surface area contributed by atoms with E-state index in [-0.39, 0.29) is 11.2 Å². The molecule has 0 unspecified atom stereocenters. The van der Waals surface area contributed by atoms with Gasteiger partial charge in [-0.1, -0.05) is 32.9 Å². The predicted molar refractivity (Wildman–Crippen MR) is 46.3 cm³/mol. The Bertz CT molecular complexity index is 226. The molecule has 0 radical (unpaired) electrons. The SMILES string of the molecule is CC(C)(C)C1=CCC(=O)C=C1. The Kier molecular flexibility index (Phi) is 1.99. The third-order valence-electron chi connectivity index (χ3n) is 1.84. The minimum Gasteiger partial charge on any atom is -0.295 e. The lowest BCUT2D eigenvalue weighted by Crippen LogP contribution is -2.10. The summed E-state index contributed by atoms with van der Waals surface area (Å²) in [7, 11) is 0. The Morgan fingerprint density at radius 3 is 2.27 bits per heavy atom. The zero-order chi connectivity index (χ0) is 8.48. The molecule has 1 heteroatoms. The maximum absolute atomic E-state index is 10.8. The molecule has 0 atom stereocenters. The van der Waals surface area contributed by atoms with Gasteiger partial charge in [0.15, 0.2) is 5.78 Å². The van der Waals surface area contributed by atoms with E-state index in [4.69, 9.17) is 0 Å². The van der Waals surface area contributed by atoms with E-state index in [1.807, 2.05) is 12.2 Å². The first-order valence-corrected chi connectivity index (χ1v) is 3.92. The van der Waals surface area contributed by atoms with Crippen LogP contribution in [0.5, 0.6) is 0 Å². The summed E-state index contributed by atoms with van der Waals surface area (Å²) in [6, 6.07) is 0. The van der Waals surface area contributed by atoms with Crippen LogP contribution in [0.15, 0.2) is 23.8 Å². The van der Waals surface area contributed by atoms with Gasteiger partial charge in [0, 0.05) is 6.42 Å². The number of carbonyl (C=O) groups is 1. The third-order valence-corrected chi connectivity index (χ3v) is 1.84. The monoisotopic (exact) mass is 150 g/mol. The summed E-state index contributed by atoms with van der Waals surface area (Å²) in [6.07, 6.45) is 6.18. The first-order chi connectivity index (χ1) is 5.00. The van der Waals surface area contributed by atoms with Crippen LogP contribution >= 0.6 is 0 Å². The highest BCUT2D eigenvalue weighted by molar-refractivity contribution is 5.92. The molecule has 1 nitrogen and oxygen atoms in total. The van der Waals surface area contributed by atoms with Gasteiger partial charge in [0.25, 0.3) is 0 Å². The van der Waals surface area contributed by atoms with Crippen molar-refractivity contribution in [1.29, 1.82) is 0 Å². The Balaban J connectivity index is 2.79. The molecular weight excluding hydrogens is 136 g/mol. The van der Waals surface area contributed by atoms with Crippen LogP contribution in [0, 0.1) is 5.41 Å². The Morgan fingerprint density at radius 2 is 1.91 bits per heavy atom. The van der Waals surface area contributed by atoms with Gasteiger partial charge in [0.05, 0.1) is 0 Å². The zero-order valence-electron chi connectivity index (χ0n) is 7.35. The number of hydrogen-bond donors (Lipinski definition) is 0. The molecule has 0 aromatic rings. The van der Waals surface area contributed by atoms with Crippen LogP contribution in [-0.4, -0.2) is 5.78 Å². The molecule has 1 rings (SSSR count). The molecule has 60 valence electrons.